The Bertz CT molecular complexity index is 621. The van der Waals surface area contributed by atoms with Crippen molar-refractivity contribution in [3.8, 4) is 0 Å². The van der Waals surface area contributed by atoms with Gasteiger partial charge in [0.15, 0.2) is 0 Å². The van der Waals surface area contributed by atoms with Crippen molar-refractivity contribution in [3.05, 3.63) is 18.0 Å². The molecule has 2 N–H and O–H groups in total. The van der Waals surface area contributed by atoms with E-state index in [-0.39, 0.29) is 16.6 Å². The summed E-state index contributed by atoms with van der Waals surface area (Å²) in [5, 5.41) is 9.01. The molecule has 118 valence electrons. The van der Waals surface area contributed by atoms with Gasteiger partial charge in [0.25, 0.3) is 0 Å². The van der Waals surface area contributed by atoms with E-state index in [1.54, 1.807) is 0 Å². The molecular weight excluding hydrogens is 292 g/mol. The molecular formula is C14H22N2O4S. The van der Waals surface area contributed by atoms with Crippen LogP contribution in [0, 0.1) is 5.92 Å². The first kappa shape index (κ1) is 16.0. The average Bonchev–Trinajstić information content (AvgIpc) is 2.69. The minimum Gasteiger partial charge on any atom is -0.477 e. The van der Waals surface area contributed by atoms with Gasteiger partial charge in [0, 0.05) is 19.3 Å². The van der Waals surface area contributed by atoms with Gasteiger partial charge in [-0.05, 0) is 24.8 Å². The number of aromatic carboxylic acids is 1. The summed E-state index contributed by atoms with van der Waals surface area (Å²) in [7, 11) is -2.15. The standard InChI is InChI=1S/C14H22N2O4S/c1-10-6-4-3-5-7-12(10)15-21(19,20)11-8-13(14(17)18)16(2)9-11/h8-10,12,15H,3-7H2,1-2H3,(H,17,18). The lowest BCUT2D eigenvalue weighted by Crippen LogP contribution is -2.38. The summed E-state index contributed by atoms with van der Waals surface area (Å²) in [6.07, 6.45) is 6.48. The van der Waals surface area contributed by atoms with E-state index in [0.717, 1.165) is 32.1 Å². The molecule has 0 radical (unpaired) electrons. The Labute approximate surface area is 125 Å². The molecule has 1 aliphatic rings. The molecule has 1 heterocycles. The maximum Gasteiger partial charge on any atom is 0.352 e. The maximum atomic E-state index is 12.4. The van der Waals surface area contributed by atoms with Gasteiger partial charge in [-0.3, -0.25) is 0 Å². The summed E-state index contributed by atoms with van der Waals surface area (Å²) < 4.78 is 28.9. The van der Waals surface area contributed by atoms with Gasteiger partial charge >= 0.3 is 5.97 Å². The van der Waals surface area contributed by atoms with Crippen molar-refractivity contribution in [3.63, 3.8) is 0 Å². The second-order valence-electron chi connectivity index (χ2n) is 5.82. The van der Waals surface area contributed by atoms with Crippen LogP contribution in [0.3, 0.4) is 0 Å². The lowest BCUT2D eigenvalue weighted by atomic mass is 9.98. The molecule has 2 atom stereocenters. The van der Waals surface area contributed by atoms with Gasteiger partial charge in [0.1, 0.15) is 10.6 Å². The molecule has 1 aromatic rings. The van der Waals surface area contributed by atoms with Crippen molar-refractivity contribution < 1.29 is 18.3 Å². The molecule has 0 spiro atoms. The van der Waals surface area contributed by atoms with Crippen LogP contribution in [-0.2, 0) is 17.1 Å². The van der Waals surface area contributed by atoms with Crippen LogP contribution in [0.4, 0.5) is 0 Å². The number of aromatic nitrogens is 1. The zero-order chi connectivity index (χ0) is 15.6. The smallest absolute Gasteiger partial charge is 0.352 e. The molecule has 1 saturated carbocycles. The maximum absolute atomic E-state index is 12.4. The highest BCUT2D eigenvalue weighted by molar-refractivity contribution is 7.89. The molecule has 0 saturated heterocycles. The van der Waals surface area contributed by atoms with Crippen molar-refractivity contribution in [1.82, 2.24) is 9.29 Å². The summed E-state index contributed by atoms with van der Waals surface area (Å²) in [6, 6.07) is 1.12. The quantitative estimate of drug-likeness (QED) is 0.832. The number of nitrogens with zero attached hydrogens (tertiary/aromatic N) is 1. The van der Waals surface area contributed by atoms with Crippen molar-refractivity contribution in [2.45, 2.75) is 50.0 Å². The van der Waals surface area contributed by atoms with Crippen molar-refractivity contribution in [1.29, 1.82) is 0 Å². The van der Waals surface area contributed by atoms with Crippen LogP contribution in [0.25, 0.3) is 0 Å². The molecule has 2 unspecified atom stereocenters. The summed E-state index contributed by atoms with van der Waals surface area (Å²) in [4.78, 5) is 11.0. The SMILES string of the molecule is CC1CCCCCC1NS(=O)(=O)c1cc(C(=O)O)n(C)c1. The fraction of sp³-hybridized carbons (Fsp3) is 0.643. The first-order valence-corrected chi connectivity index (χ1v) is 8.71. The third-order valence-corrected chi connectivity index (χ3v) is 5.63. The molecule has 1 aromatic heterocycles. The molecule has 21 heavy (non-hydrogen) atoms. The second-order valence-corrected chi connectivity index (χ2v) is 7.53. The van der Waals surface area contributed by atoms with Gasteiger partial charge in [-0.1, -0.05) is 26.2 Å². The van der Waals surface area contributed by atoms with Crippen LogP contribution in [0.15, 0.2) is 17.2 Å². The van der Waals surface area contributed by atoms with Crippen LogP contribution < -0.4 is 4.72 Å². The van der Waals surface area contributed by atoms with Gasteiger partial charge < -0.3 is 9.67 Å². The van der Waals surface area contributed by atoms with E-state index < -0.39 is 16.0 Å². The molecule has 1 fully saturated rings. The largest absolute Gasteiger partial charge is 0.477 e. The van der Waals surface area contributed by atoms with Crippen LogP contribution in [0.2, 0.25) is 0 Å². The molecule has 7 heteroatoms. The molecule has 0 bridgehead atoms. The Hall–Kier alpha value is -1.34. The van der Waals surface area contributed by atoms with E-state index in [1.165, 1.54) is 23.9 Å². The Morgan fingerprint density at radius 3 is 2.62 bits per heavy atom. The van der Waals surface area contributed by atoms with Crippen molar-refractivity contribution in [2.24, 2.45) is 13.0 Å². The molecule has 2 rings (SSSR count). The molecule has 0 amide bonds. The number of sulfonamides is 1. The highest BCUT2D eigenvalue weighted by Gasteiger charge is 2.27. The summed E-state index contributed by atoms with van der Waals surface area (Å²) in [6.45, 7) is 2.06. The van der Waals surface area contributed by atoms with Crippen molar-refractivity contribution in [2.75, 3.05) is 0 Å². The lowest BCUT2D eigenvalue weighted by molar-refractivity contribution is 0.0686. The third kappa shape index (κ3) is 3.65. The number of carboxylic acid groups (broad SMARTS) is 1. The Morgan fingerprint density at radius 1 is 1.33 bits per heavy atom. The van der Waals surface area contributed by atoms with E-state index in [4.69, 9.17) is 5.11 Å². The summed E-state index contributed by atoms with van der Waals surface area (Å²) in [5.74, 6) is -0.841. The number of carbonyl (C=O) groups is 1. The number of hydrogen-bond donors (Lipinski definition) is 2. The average molecular weight is 314 g/mol. The van der Waals surface area contributed by atoms with Crippen LogP contribution >= 0.6 is 0 Å². The molecule has 0 aromatic carbocycles. The first-order chi connectivity index (χ1) is 9.81. The predicted molar refractivity (Wildman–Crippen MR) is 78.7 cm³/mol. The highest BCUT2D eigenvalue weighted by Crippen LogP contribution is 2.25. The second kappa shape index (κ2) is 6.19. The normalized spacial score (nSPS) is 23.7. The van der Waals surface area contributed by atoms with Gasteiger partial charge in [-0.2, -0.15) is 0 Å². The molecule has 0 aliphatic heterocycles. The van der Waals surface area contributed by atoms with E-state index in [0.29, 0.717) is 5.92 Å². The van der Waals surface area contributed by atoms with Crippen molar-refractivity contribution >= 4 is 16.0 Å². The topological polar surface area (TPSA) is 88.4 Å². The van der Waals surface area contributed by atoms with Crippen LogP contribution in [0.5, 0.6) is 0 Å². The van der Waals surface area contributed by atoms with Crippen LogP contribution in [0.1, 0.15) is 49.5 Å². The number of rotatable bonds is 4. The van der Waals surface area contributed by atoms with Crippen LogP contribution in [-0.4, -0.2) is 30.1 Å². The molecule has 6 nitrogen and oxygen atoms in total. The zero-order valence-corrected chi connectivity index (χ0v) is 13.2. The third-order valence-electron chi connectivity index (χ3n) is 4.18. The van der Waals surface area contributed by atoms with E-state index in [2.05, 4.69) is 11.6 Å². The number of aryl methyl sites for hydroxylation is 1. The van der Waals surface area contributed by atoms with Gasteiger partial charge in [-0.25, -0.2) is 17.9 Å². The fourth-order valence-electron chi connectivity index (χ4n) is 2.83. The van der Waals surface area contributed by atoms with E-state index in [1.807, 2.05) is 0 Å². The van der Waals surface area contributed by atoms with Gasteiger partial charge in [0.05, 0.1) is 0 Å². The van der Waals surface area contributed by atoms with Gasteiger partial charge in [-0.15, -0.1) is 0 Å². The zero-order valence-electron chi connectivity index (χ0n) is 12.4. The van der Waals surface area contributed by atoms with E-state index in [9.17, 15) is 13.2 Å². The number of carboxylic acids is 1. The minimum atomic E-state index is -3.68. The Morgan fingerprint density at radius 2 is 2.00 bits per heavy atom. The summed E-state index contributed by atoms with van der Waals surface area (Å²) >= 11 is 0. The van der Waals surface area contributed by atoms with Gasteiger partial charge in [0.2, 0.25) is 10.0 Å². The lowest BCUT2D eigenvalue weighted by Gasteiger charge is -2.22. The Balaban J connectivity index is 2.21. The molecule has 1 aliphatic carbocycles. The monoisotopic (exact) mass is 314 g/mol. The predicted octanol–water partition coefficient (Wildman–Crippen LogP) is 1.97. The highest BCUT2D eigenvalue weighted by atomic mass is 32.2. The summed E-state index contributed by atoms with van der Waals surface area (Å²) in [5.41, 5.74) is -0.0377. The fourth-order valence-corrected chi connectivity index (χ4v) is 4.28. The first-order valence-electron chi connectivity index (χ1n) is 7.23. The number of hydrogen-bond acceptors (Lipinski definition) is 3. The van der Waals surface area contributed by atoms with E-state index >= 15 is 0 Å². The Kier molecular flexibility index (Phi) is 4.73. The minimum absolute atomic E-state index is 0.0128. The number of nitrogens with one attached hydrogen (secondary N) is 1.